The van der Waals surface area contributed by atoms with Gasteiger partial charge >= 0.3 is 0 Å². The Kier molecular flexibility index (Phi) is 5.11. The minimum Gasteiger partial charge on any atom is -0.376 e. The summed E-state index contributed by atoms with van der Waals surface area (Å²) in [5, 5.41) is 0.326. The lowest BCUT2D eigenvalue weighted by Crippen LogP contribution is -2.51. The Hall–Kier alpha value is -2.04. The van der Waals surface area contributed by atoms with Crippen LogP contribution in [0, 0.1) is 17.2 Å². The summed E-state index contributed by atoms with van der Waals surface area (Å²) in [6, 6.07) is 1.34. The average Bonchev–Trinajstić information content (AvgIpc) is 2.95. The molecule has 0 unspecified atom stereocenters. The van der Waals surface area contributed by atoms with Crippen LogP contribution >= 0.6 is 11.8 Å². The van der Waals surface area contributed by atoms with E-state index in [1.807, 2.05) is 11.8 Å². The van der Waals surface area contributed by atoms with Crippen molar-refractivity contribution in [3.8, 4) is 0 Å². The zero-order chi connectivity index (χ0) is 19.9. The second kappa shape index (κ2) is 7.41. The molecule has 2 aromatic heterocycles. The number of rotatable bonds is 3. The Morgan fingerprint density at radius 3 is 2.75 bits per heavy atom. The zero-order valence-corrected chi connectivity index (χ0v) is 16.1. The summed E-state index contributed by atoms with van der Waals surface area (Å²) < 4.78 is 32.7. The third-order valence-corrected chi connectivity index (χ3v) is 6.64. The fourth-order valence-electron chi connectivity index (χ4n) is 3.89. The number of nitrogens with zero attached hydrogens (tertiary/aromatic N) is 3. The predicted octanol–water partition coefficient (Wildman–Crippen LogP) is 1.93. The van der Waals surface area contributed by atoms with Gasteiger partial charge in [-0.15, -0.1) is 0 Å². The van der Waals surface area contributed by atoms with Crippen LogP contribution in [0.3, 0.4) is 0 Å². The molecule has 2 aliphatic rings. The number of piperidine rings is 1. The van der Waals surface area contributed by atoms with E-state index < -0.39 is 11.8 Å². The molecular weight excluding hydrogens is 388 g/mol. The lowest BCUT2D eigenvalue weighted by atomic mass is 9.73. The van der Waals surface area contributed by atoms with Crippen molar-refractivity contribution >= 4 is 17.6 Å². The third kappa shape index (κ3) is 3.40. The molecule has 3 N–H and O–H groups in total. The maximum Gasteiger partial charge on any atom is 0.291 e. The molecule has 2 fully saturated rings. The molecule has 10 heteroatoms. The van der Waals surface area contributed by atoms with Crippen LogP contribution in [0.5, 0.6) is 0 Å². The van der Waals surface area contributed by atoms with E-state index in [1.54, 1.807) is 0 Å². The topological polar surface area (TPSA) is 97.1 Å². The number of hydrogen-bond donors (Lipinski definition) is 2. The van der Waals surface area contributed by atoms with Crippen LogP contribution in [-0.4, -0.2) is 46.8 Å². The van der Waals surface area contributed by atoms with Crippen LogP contribution in [0.25, 0.3) is 0 Å². The minimum atomic E-state index is -1.18. The maximum absolute atomic E-state index is 13.8. The van der Waals surface area contributed by atoms with E-state index in [1.165, 1.54) is 18.5 Å². The van der Waals surface area contributed by atoms with Crippen molar-refractivity contribution in [1.82, 2.24) is 15.0 Å². The second-order valence-electron chi connectivity index (χ2n) is 7.31. The Morgan fingerprint density at radius 1 is 1.36 bits per heavy atom. The number of hydrogen-bond acceptors (Lipinski definition) is 7. The summed E-state index contributed by atoms with van der Waals surface area (Å²) in [4.78, 5) is 24.7. The molecule has 1 spiro atoms. The summed E-state index contributed by atoms with van der Waals surface area (Å²) in [6.45, 7) is 3.97. The van der Waals surface area contributed by atoms with Crippen LogP contribution in [0.2, 0.25) is 0 Å². The van der Waals surface area contributed by atoms with Crippen molar-refractivity contribution in [3.63, 3.8) is 0 Å². The molecule has 7 nitrogen and oxygen atoms in total. The number of anilines is 1. The fourth-order valence-corrected chi connectivity index (χ4v) is 4.68. The monoisotopic (exact) mass is 409 g/mol. The molecule has 2 saturated heterocycles. The molecule has 0 amide bonds. The normalized spacial score (nSPS) is 24.1. The van der Waals surface area contributed by atoms with Gasteiger partial charge in [0.1, 0.15) is 0 Å². The number of ether oxygens (including phenoxy) is 1. The summed E-state index contributed by atoms with van der Waals surface area (Å²) in [7, 11) is 0. The summed E-state index contributed by atoms with van der Waals surface area (Å²) in [5.41, 5.74) is 5.92. The first kappa shape index (κ1) is 19.3. The van der Waals surface area contributed by atoms with Crippen LogP contribution in [0.1, 0.15) is 19.8 Å². The molecule has 0 saturated carbocycles. The van der Waals surface area contributed by atoms with E-state index in [-0.39, 0.29) is 28.0 Å². The fraction of sp³-hybridized carbons (Fsp3) is 0.500. The van der Waals surface area contributed by atoms with Crippen LogP contribution in [-0.2, 0) is 4.74 Å². The van der Waals surface area contributed by atoms with Gasteiger partial charge in [0.15, 0.2) is 11.6 Å². The van der Waals surface area contributed by atoms with Crippen molar-refractivity contribution < 1.29 is 13.5 Å². The Balaban J connectivity index is 1.47. The van der Waals surface area contributed by atoms with Crippen LogP contribution in [0.4, 0.5) is 14.6 Å². The number of pyridine rings is 1. The molecule has 0 bridgehead atoms. The number of aromatic amines is 1. The van der Waals surface area contributed by atoms with Crippen molar-refractivity contribution in [2.24, 2.45) is 11.1 Å². The van der Waals surface area contributed by atoms with E-state index in [2.05, 4.69) is 15.0 Å². The van der Waals surface area contributed by atoms with Gasteiger partial charge < -0.3 is 20.4 Å². The first-order valence-corrected chi connectivity index (χ1v) is 9.90. The molecule has 0 aliphatic carbocycles. The van der Waals surface area contributed by atoms with Crippen LogP contribution < -0.4 is 16.2 Å². The number of nitrogens with one attached hydrogen (secondary N) is 1. The quantitative estimate of drug-likeness (QED) is 0.748. The molecule has 2 atom stereocenters. The second-order valence-corrected chi connectivity index (χ2v) is 8.39. The van der Waals surface area contributed by atoms with Gasteiger partial charge in [-0.2, -0.15) is 4.39 Å². The zero-order valence-electron chi connectivity index (χ0n) is 15.3. The maximum atomic E-state index is 13.8. The first-order valence-electron chi connectivity index (χ1n) is 9.09. The number of aromatic nitrogens is 3. The SMILES string of the molecule is C[C@@H]1OCC2(CCN(c3ncc(Sc4ccnc(F)c4F)[nH]c3=O)CC2)[C@@H]1N. The molecule has 28 heavy (non-hydrogen) atoms. The average molecular weight is 409 g/mol. The van der Waals surface area contributed by atoms with Crippen molar-refractivity contribution in [3.05, 3.63) is 40.6 Å². The first-order chi connectivity index (χ1) is 13.4. The molecule has 4 heterocycles. The van der Waals surface area contributed by atoms with E-state index in [9.17, 15) is 13.6 Å². The van der Waals surface area contributed by atoms with Crippen molar-refractivity contribution in [2.75, 3.05) is 24.6 Å². The smallest absolute Gasteiger partial charge is 0.291 e. The van der Waals surface area contributed by atoms with Gasteiger partial charge in [0.25, 0.3) is 5.56 Å². The highest BCUT2D eigenvalue weighted by Gasteiger charge is 2.47. The predicted molar refractivity (Wildman–Crippen MR) is 100 cm³/mol. The molecule has 0 aromatic carbocycles. The lowest BCUT2D eigenvalue weighted by Gasteiger charge is -2.41. The Morgan fingerprint density at radius 2 is 2.11 bits per heavy atom. The molecule has 0 radical (unpaired) electrons. The van der Waals surface area contributed by atoms with Gasteiger partial charge in [-0.3, -0.25) is 4.79 Å². The highest BCUT2D eigenvalue weighted by atomic mass is 32.2. The molecular formula is C18H21F2N5O2S. The van der Waals surface area contributed by atoms with E-state index in [0.717, 1.165) is 24.6 Å². The van der Waals surface area contributed by atoms with Gasteiger partial charge in [0.2, 0.25) is 5.95 Å². The largest absolute Gasteiger partial charge is 0.376 e. The van der Waals surface area contributed by atoms with Crippen molar-refractivity contribution in [1.29, 1.82) is 0 Å². The highest BCUT2D eigenvalue weighted by Crippen LogP contribution is 2.41. The number of H-pyrrole nitrogens is 1. The molecule has 2 aliphatic heterocycles. The third-order valence-electron chi connectivity index (χ3n) is 5.68. The summed E-state index contributed by atoms with van der Waals surface area (Å²) >= 11 is 0.889. The number of halogens is 2. The Bertz CT molecular complexity index is 932. The lowest BCUT2D eigenvalue weighted by molar-refractivity contribution is 0.0974. The molecule has 4 rings (SSSR count). The van der Waals surface area contributed by atoms with E-state index in [0.29, 0.717) is 30.5 Å². The van der Waals surface area contributed by atoms with Gasteiger partial charge in [-0.05, 0) is 25.8 Å². The number of nitrogens with two attached hydrogens (primary N) is 1. The molecule has 150 valence electrons. The summed E-state index contributed by atoms with van der Waals surface area (Å²) in [5.74, 6) is -1.91. The van der Waals surface area contributed by atoms with E-state index in [4.69, 9.17) is 10.5 Å². The van der Waals surface area contributed by atoms with Crippen molar-refractivity contribution in [2.45, 2.75) is 41.8 Å². The summed E-state index contributed by atoms with van der Waals surface area (Å²) in [6.07, 6.45) is 4.33. The van der Waals surface area contributed by atoms with Gasteiger partial charge in [0, 0.05) is 30.7 Å². The van der Waals surface area contributed by atoms with Gasteiger partial charge in [-0.25, -0.2) is 14.4 Å². The van der Waals surface area contributed by atoms with Gasteiger partial charge in [-0.1, -0.05) is 11.8 Å². The minimum absolute atomic E-state index is 0.00433. The molecule has 2 aromatic rings. The van der Waals surface area contributed by atoms with Crippen LogP contribution in [0.15, 0.2) is 33.2 Å². The van der Waals surface area contributed by atoms with E-state index >= 15 is 0 Å². The highest BCUT2D eigenvalue weighted by molar-refractivity contribution is 7.99. The Labute approximate surface area is 164 Å². The standard InChI is InChI=1S/C18H21F2N5O2S/c1-10-14(21)18(9-27-10)3-6-25(7-4-18)16-17(26)24-12(8-23-16)28-11-2-5-22-15(20)13(11)19/h2,5,8,10,14H,3-4,6-7,9,21H2,1H3,(H,24,26)/t10-,14+/m0/s1. The van der Waals surface area contributed by atoms with Gasteiger partial charge in [0.05, 0.1) is 28.8 Å².